The van der Waals surface area contributed by atoms with Crippen molar-refractivity contribution in [3.05, 3.63) is 0 Å². The van der Waals surface area contributed by atoms with Crippen molar-refractivity contribution in [1.82, 2.24) is 16.0 Å². The first-order valence-electron chi connectivity index (χ1n) is 7.27. The van der Waals surface area contributed by atoms with Gasteiger partial charge in [-0.15, -0.1) is 0 Å². The van der Waals surface area contributed by atoms with Crippen LogP contribution in [0.25, 0.3) is 0 Å². The molecule has 0 aromatic carbocycles. The number of carbonyl (C=O) groups is 2. The molecule has 0 aliphatic carbocycles. The summed E-state index contributed by atoms with van der Waals surface area (Å²) in [5, 5.41) is 8.65. The molecule has 0 spiro atoms. The molecule has 6 heteroatoms. The van der Waals surface area contributed by atoms with E-state index in [1.807, 2.05) is 0 Å². The first-order valence-corrected chi connectivity index (χ1v) is 7.27. The molecule has 0 unspecified atom stereocenters. The molecule has 1 aliphatic heterocycles. The van der Waals surface area contributed by atoms with E-state index in [4.69, 9.17) is 4.74 Å². The maximum Gasteiger partial charge on any atom is 0.227 e. The molecule has 116 valence electrons. The Morgan fingerprint density at radius 2 is 1.95 bits per heavy atom. The normalized spacial score (nSPS) is 16.8. The number of amides is 2. The summed E-state index contributed by atoms with van der Waals surface area (Å²) in [5.74, 6) is -0.153. The Kier molecular flexibility index (Phi) is 6.95. The smallest absolute Gasteiger partial charge is 0.227 e. The van der Waals surface area contributed by atoms with E-state index in [0.717, 1.165) is 25.9 Å². The van der Waals surface area contributed by atoms with Gasteiger partial charge in [0.25, 0.3) is 0 Å². The van der Waals surface area contributed by atoms with E-state index in [9.17, 15) is 9.59 Å². The van der Waals surface area contributed by atoms with Crippen molar-refractivity contribution in [2.45, 2.75) is 39.2 Å². The Morgan fingerprint density at radius 1 is 1.30 bits per heavy atom. The summed E-state index contributed by atoms with van der Waals surface area (Å²) in [4.78, 5) is 23.3. The van der Waals surface area contributed by atoms with Crippen LogP contribution in [0, 0.1) is 5.41 Å². The minimum absolute atomic E-state index is 0.0732. The summed E-state index contributed by atoms with van der Waals surface area (Å²) in [7, 11) is 1.60. The molecule has 1 fully saturated rings. The third kappa shape index (κ3) is 5.88. The highest BCUT2D eigenvalue weighted by Gasteiger charge is 2.26. The molecule has 0 saturated carbocycles. The highest BCUT2D eigenvalue weighted by molar-refractivity contribution is 5.83. The summed E-state index contributed by atoms with van der Waals surface area (Å²) in [6, 6.07) is 0. The minimum Gasteiger partial charge on any atom is -0.378 e. The molecular weight excluding hydrogens is 258 g/mol. The van der Waals surface area contributed by atoms with Gasteiger partial charge in [-0.25, -0.2) is 0 Å². The predicted molar refractivity (Wildman–Crippen MR) is 77.3 cm³/mol. The van der Waals surface area contributed by atoms with Crippen LogP contribution in [0.1, 0.15) is 33.1 Å². The van der Waals surface area contributed by atoms with Gasteiger partial charge in [0.05, 0.1) is 18.1 Å². The van der Waals surface area contributed by atoms with E-state index < -0.39 is 5.41 Å². The van der Waals surface area contributed by atoms with Gasteiger partial charge < -0.3 is 20.7 Å². The number of piperidine rings is 1. The van der Waals surface area contributed by atoms with Crippen LogP contribution < -0.4 is 16.0 Å². The van der Waals surface area contributed by atoms with E-state index in [-0.39, 0.29) is 17.9 Å². The molecule has 1 saturated heterocycles. The standard InChI is InChI=1S/C14H27N3O3/c1-14(2,13(19)15-3)10-17-12(18)6-9-20-11-4-7-16-8-5-11/h11,16H,4-10H2,1-3H3,(H,15,19)(H,17,18). The lowest BCUT2D eigenvalue weighted by atomic mass is 9.92. The van der Waals surface area contributed by atoms with E-state index in [1.54, 1.807) is 20.9 Å². The molecule has 0 aromatic rings. The number of hydrogen-bond acceptors (Lipinski definition) is 4. The van der Waals surface area contributed by atoms with Gasteiger partial charge in [-0.3, -0.25) is 9.59 Å². The molecule has 2 amide bonds. The highest BCUT2D eigenvalue weighted by Crippen LogP contribution is 2.13. The molecule has 0 aromatic heterocycles. The van der Waals surface area contributed by atoms with Crippen LogP contribution in [0.2, 0.25) is 0 Å². The third-order valence-electron chi connectivity index (χ3n) is 3.54. The molecule has 0 radical (unpaired) electrons. The molecule has 1 aliphatic rings. The highest BCUT2D eigenvalue weighted by atomic mass is 16.5. The average Bonchev–Trinajstić information content (AvgIpc) is 2.45. The van der Waals surface area contributed by atoms with E-state index in [0.29, 0.717) is 19.6 Å². The number of rotatable bonds is 7. The Hall–Kier alpha value is -1.14. The maximum absolute atomic E-state index is 11.7. The van der Waals surface area contributed by atoms with Crippen LogP contribution in [0.4, 0.5) is 0 Å². The van der Waals surface area contributed by atoms with Crippen LogP contribution in [0.3, 0.4) is 0 Å². The zero-order valence-electron chi connectivity index (χ0n) is 12.8. The molecule has 1 heterocycles. The number of ether oxygens (including phenoxy) is 1. The van der Waals surface area contributed by atoms with E-state index in [2.05, 4.69) is 16.0 Å². The Morgan fingerprint density at radius 3 is 2.55 bits per heavy atom. The van der Waals surface area contributed by atoms with Gasteiger partial charge in [0.15, 0.2) is 0 Å². The van der Waals surface area contributed by atoms with Crippen LogP contribution >= 0.6 is 0 Å². The van der Waals surface area contributed by atoms with Crippen LogP contribution in [-0.2, 0) is 14.3 Å². The van der Waals surface area contributed by atoms with Crippen molar-refractivity contribution < 1.29 is 14.3 Å². The third-order valence-corrected chi connectivity index (χ3v) is 3.54. The van der Waals surface area contributed by atoms with Gasteiger partial charge in [-0.2, -0.15) is 0 Å². The Bertz CT molecular complexity index is 326. The topological polar surface area (TPSA) is 79.5 Å². The number of hydrogen-bond donors (Lipinski definition) is 3. The summed E-state index contributed by atoms with van der Waals surface area (Å²) in [6.07, 6.45) is 2.62. The summed E-state index contributed by atoms with van der Waals surface area (Å²) < 4.78 is 5.67. The first kappa shape index (κ1) is 16.9. The van der Waals surface area contributed by atoms with Crippen molar-refractivity contribution in [3.63, 3.8) is 0 Å². The Balaban J connectivity index is 2.15. The molecule has 3 N–H and O–H groups in total. The zero-order chi connectivity index (χ0) is 15.0. The summed E-state index contributed by atoms with van der Waals surface area (Å²) >= 11 is 0. The lowest BCUT2D eigenvalue weighted by Gasteiger charge is -2.24. The van der Waals surface area contributed by atoms with Gasteiger partial charge in [-0.05, 0) is 39.8 Å². The zero-order valence-corrected chi connectivity index (χ0v) is 12.8. The van der Waals surface area contributed by atoms with Crippen molar-refractivity contribution in [3.8, 4) is 0 Å². The second-order valence-electron chi connectivity index (χ2n) is 5.81. The summed E-state index contributed by atoms with van der Waals surface area (Å²) in [6.45, 7) is 6.35. The van der Waals surface area contributed by atoms with Crippen LogP contribution in [0.15, 0.2) is 0 Å². The lowest BCUT2D eigenvalue weighted by molar-refractivity contribution is -0.129. The first-order chi connectivity index (χ1) is 9.45. The van der Waals surface area contributed by atoms with Crippen LogP contribution in [-0.4, -0.2) is 51.2 Å². The fourth-order valence-electron chi connectivity index (χ4n) is 2.11. The second-order valence-corrected chi connectivity index (χ2v) is 5.81. The SMILES string of the molecule is CNC(=O)C(C)(C)CNC(=O)CCOC1CCNCC1. The van der Waals surface area contributed by atoms with Gasteiger partial charge >= 0.3 is 0 Å². The van der Waals surface area contributed by atoms with Crippen molar-refractivity contribution in [2.75, 3.05) is 33.3 Å². The summed E-state index contributed by atoms with van der Waals surface area (Å²) in [5.41, 5.74) is -0.597. The number of carbonyl (C=O) groups excluding carboxylic acids is 2. The van der Waals surface area contributed by atoms with Crippen molar-refractivity contribution in [1.29, 1.82) is 0 Å². The van der Waals surface area contributed by atoms with Crippen molar-refractivity contribution >= 4 is 11.8 Å². The average molecular weight is 285 g/mol. The molecule has 6 nitrogen and oxygen atoms in total. The van der Waals surface area contributed by atoms with Crippen molar-refractivity contribution in [2.24, 2.45) is 5.41 Å². The molecule has 20 heavy (non-hydrogen) atoms. The van der Waals surface area contributed by atoms with E-state index in [1.165, 1.54) is 0 Å². The lowest BCUT2D eigenvalue weighted by Crippen LogP contribution is -2.44. The maximum atomic E-state index is 11.7. The minimum atomic E-state index is -0.597. The molecule has 1 rings (SSSR count). The monoisotopic (exact) mass is 285 g/mol. The van der Waals surface area contributed by atoms with Gasteiger partial charge in [-0.1, -0.05) is 0 Å². The molecular formula is C14H27N3O3. The molecule has 0 bridgehead atoms. The van der Waals surface area contributed by atoms with Crippen LogP contribution in [0.5, 0.6) is 0 Å². The Labute approximate surface area is 121 Å². The molecule has 0 atom stereocenters. The van der Waals surface area contributed by atoms with Gasteiger partial charge in [0, 0.05) is 20.0 Å². The van der Waals surface area contributed by atoms with Gasteiger partial charge in [0.1, 0.15) is 0 Å². The fraction of sp³-hybridized carbons (Fsp3) is 0.857. The quantitative estimate of drug-likeness (QED) is 0.617. The number of nitrogens with one attached hydrogen (secondary N) is 3. The second kappa shape index (κ2) is 8.21. The predicted octanol–water partition coefficient (Wildman–Crippen LogP) is 0.0335. The fourth-order valence-corrected chi connectivity index (χ4v) is 2.11. The van der Waals surface area contributed by atoms with E-state index >= 15 is 0 Å². The van der Waals surface area contributed by atoms with Gasteiger partial charge in [0.2, 0.25) is 11.8 Å². The largest absolute Gasteiger partial charge is 0.378 e.